The van der Waals surface area contributed by atoms with Gasteiger partial charge in [0.05, 0.1) is 27.7 Å². The van der Waals surface area contributed by atoms with Crippen molar-refractivity contribution in [2.75, 3.05) is 27.7 Å². The van der Waals surface area contributed by atoms with Crippen LogP contribution in [0.3, 0.4) is 0 Å². The first-order valence-corrected chi connectivity index (χ1v) is 9.91. The second kappa shape index (κ2) is 14.4. The molecule has 0 aliphatic rings. The van der Waals surface area contributed by atoms with Crippen molar-refractivity contribution in [2.24, 2.45) is 0 Å². The van der Waals surface area contributed by atoms with Gasteiger partial charge in [-0.3, -0.25) is 4.55 Å². The normalized spacial score (nSPS) is 11.9. The molecule has 0 aliphatic heterocycles. The van der Waals surface area contributed by atoms with Crippen LogP contribution in [0.1, 0.15) is 77.6 Å². The zero-order valence-corrected chi connectivity index (χ0v) is 15.8. The first-order valence-electron chi connectivity index (χ1n) is 8.55. The summed E-state index contributed by atoms with van der Waals surface area (Å²) < 4.78 is 34.0. The van der Waals surface area contributed by atoms with E-state index in [0.717, 1.165) is 4.48 Å². The maximum atomic E-state index is 8.63. The number of rotatable bonds is 12. The predicted molar refractivity (Wildman–Crippen MR) is 91.7 cm³/mol. The summed E-state index contributed by atoms with van der Waals surface area (Å²) in [6.07, 6.45) is 15.9. The van der Waals surface area contributed by atoms with Crippen molar-refractivity contribution in [3.63, 3.8) is 0 Å². The van der Waals surface area contributed by atoms with Gasteiger partial charge in [-0.2, -0.15) is 0 Å². The van der Waals surface area contributed by atoms with Crippen LogP contribution in [0.25, 0.3) is 0 Å². The molecule has 22 heavy (non-hydrogen) atoms. The molecular formula is C16H37NO4S. The highest BCUT2D eigenvalue weighted by Crippen LogP contribution is 2.11. The van der Waals surface area contributed by atoms with E-state index >= 15 is 0 Å². The first-order chi connectivity index (χ1) is 10.1. The molecule has 0 aromatic rings. The fourth-order valence-corrected chi connectivity index (χ4v) is 2.25. The predicted octanol–water partition coefficient (Wildman–Crippen LogP) is 4.01. The zero-order valence-electron chi connectivity index (χ0n) is 15.0. The van der Waals surface area contributed by atoms with E-state index in [-0.39, 0.29) is 0 Å². The molecule has 1 N–H and O–H groups in total. The van der Waals surface area contributed by atoms with Crippen molar-refractivity contribution in [1.82, 2.24) is 0 Å². The van der Waals surface area contributed by atoms with Crippen LogP contribution in [-0.4, -0.2) is 49.7 Å². The average Bonchev–Trinajstić information content (AvgIpc) is 2.32. The van der Waals surface area contributed by atoms with Crippen LogP contribution in [0.15, 0.2) is 0 Å². The Morgan fingerprint density at radius 2 is 1.05 bits per heavy atom. The lowest BCUT2D eigenvalue weighted by Gasteiger charge is -2.23. The fourth-order valence-electron chi connectivity index (χ4n) is 2.25. The van der Waals surface area contributed by atoms with Gasteiger partial charge < -0.3 is 9.04 Å². The summed E-state index contributed by atoms with van der Waals surface area (Å²) in [5, 5.41) is 0. The lowest BCUT2D eigenvalue weighted by Crippen LogP contribution is -2.35. The summed E-state index contributed by atoms with van der Waals surface area (Å²) in [6.45, 7) is 3.62. The molecule has 0 rings (SSSR count). The van der Waals surface area contributed by atoms with Crippen molar-refractivity contribution < 1.29 is 22.0 Å². The van der Waals surface area contributed by atoms with Crippen molar-refractivity contribution >= 4 is 10.4 Å². The molecule has 0 heterocycles. The molecule has 0 bridgehead atoms. The second-order valence-corrected chi connectivity index (χ2v) is 7.83. The second-order valence-electron chi connectivity index (χ2n) is 6.98. The van der Waals surface area contributed by atoms with Gasteiger partial charge in [-0.15, -0.1) is 0 Å². The average molecular weight is 340 g/mol. The molecule has 0 aromatic carbocycles. The van der Waals surface area contributed by atoms with E-state index < -0.39 is 10.4 Å². The van der Waals surface area contributed by atoms with Gasteiger partial charge in [0.15, 0.2) is 0 Å². The van der Waals surface area contributed by atoms with E-state index in [2.05, 4.69) is 28.1 Å². The van der Waals surface area contributed by atoms with E-state index in [1.54, 1.807) is 0 Å². The Morgan fingerprint density at radius 1 is 0.773 bits per heavy atom. The van der Waals surface area contributed by atoms with E-state index in [1.807, 2.05) is 0 Å². The minimum Gasteiger partial charge on any atom is -0.726 e. The van der Waals surface area contributed by atoms with Gasteiger partial charge in [-0.1, -0.05) is 64.7 Å². The van der Waals surface area contributed by atoms with Gasteiger partial charge >= 0.3 is 0 Å². The lowest BCUT2D eigenvalue weighted by atomic mass is 10.1. The third kappa shape index (κ3) is 36.8. The smallest absolute Gasteiger partial charge is 0.215 e. The highest BCUT2D eigenvalue weighted by Gasteiger charge is 2.04. The highest BCUT2D eigenvalue weighted by atomic mass is 32.3. The summed E-state index contributed by atoms with van der Waals surface area (Å²) >= 11 is 0. The number of quaternary nitrogens is 1. The molecular weight excluding hydrogens is 302 g/mol. The Kier molecular flexibility index (Phi) is 15.8. The van der Waals surface area contributed by atoms with Crippen molar-refractivity contribution in [3.05, 3.63) is 0 Å². The van der Waals surface area contributed by atoms with Crippen LogP contribution in [0.4, 0.5) is 0 Å². The van der Waals surface area contributed by atoms with Crippen LogP contribution in [0.5, 0.6) is 0 Å². The first kappa shape index (κ1) is 24.1. The maximum Gasteiger partial charge on any atom is 0.215 e. The molecule has 5 nitrogen and oxygen atoms in total. The van der Waals surface area contributed by atoms with Gasteiger partial charge in [-0.05, 0) is 12.8 Å². The zero-order chi connectivity index (χ0) is 17.5. The number of hydrogen-bond acceptors (Lipinski definition) is 3. The SMILES string of the molecule is CCCCCCCCCCCCC[N+](C)(C)C.O=S(=O)([O-])O. The van der Waals surface area contributed by atoms with Gasteiger partial charge in [-0.25, -0.2) is 8.42 Å². The molecule has 0 saturated carbocycles. The van der Waals surface area contributed by atoms with E-state index in [1.165, 1.54) is 77.2 Å². The van der Waals surface area contributed by atoms with Crippen LogP contribution in [0.2, 0.25) is 0 Å². The summed E-state index contributed by atoms with van der Waals surface area (Å²) in [5.74, 6) is 0. The molecule has 0 unspecified atom stereocenters. The Labute approximate surface area is 138 Å². The molecule has 0 spiro atoms. The topological polar surface area (TPSA) is 77.4 Å². The Bertz CT molecular complexity index is 316. The molecule has 0 atom stereocenters. The molecule has 0 radical (unpaired) electrons. The number of hydrogen-bond donors (Lipinski definition) is 1. The van der Waals surface area contributed by atoms with Gasteiger partial charge in [0.1, 0.15) is 0 Å². The van der Waals surface area contributed by atoms with Gasteiger partial charge in [0.2, 0.25) is 10.4 Å². The highest BCUT2D eigenvalue weighted by molar-refractivity contribution is 7.79. The molecule has 136 valence electrons. The lowest BCUT2D eigenvalue weighted by molar-refractivity contribution is -0.870. The standard InChI is InChI=1S/C16H36N.H2O4S/c1-5-6-7-8-9-10-11-12-13-14-15-16-17(2,3)4;1-5(2,3)4/h5-16H2,1-4H3;(H2,1,2,3,4)/q+1;/p-1. The molecule has 0 aliphatic carbocycles. The third-order valence-corrected chi connectivity index (χ3v) is 3.43. The molecule has 6 heteroatoms. The van der Waals surface area contributed by atoms with E-state index in [9.17, 15) is 0 Å². The van der Waals surface area contributed by atoms with E-state index in [4.69, 9.17) is 17.5 Å². The van der Waals surface area contributed by atoms with Crippen LogP contribution in [-0.2, 0) is 10.4 Å². The van der Waals surface area contributed by atoms with Crippen molar-refractivity contribution in [3.8, 4) is 0 Å². The summed E-state index contributed by atoms with van der Waals surface area (Å²) in [6, 6.07) is 0. The monoisotopic (exact) mass is 339 g/mol. The largest absolute Gasteiger partial charge is 0.726 e. The Balaban J connectivity index is 0. The fraction of sp³-hybridized carbons (Fsp3) is 1.00. The summed E-state index contributed by atoms with van der Waals surface area (Å²) in [7, 11) is 1.95. The summed E-state index contributed by atoms with van der Waals surface area (Å²) in [5.41, 5.74) is 0. The number of unbranched alkanes of at least 4 members (excludes halogenated alkanes) is 10. The minimum absolute atomic E-state index is 1.12. The summed E-state index contributed by atoms with van der Waals surface area (Å²) in [4.78, 5) is 0. The van der Waals surface area contributed by atoms with Crippen LogP contribution in [0, 0.1) is 0 Å². The molecule has 0 aromatic heterocycles. The maximum absolute atomic E-state index is 8.63. The molecule has 0 amide bonds. The molecule has 0 fully saturated rings. The van der Waals surface area contributed by atoms with Crippen LogP contribution < -0.4 is 0 Å². The minimum atomic E-state index is -4.92. The van der Waals surface area contributed by atoms with Crippen molar-refractivity contribution in [2.45, 2.75) is 77.6 Å². The Hall–Kier alpha value is -0.170. The Morgan fingerprint density at radius 3 is 1.32 bits per heavy atom. The molecule has 0 saturated heterocycles. The van der Waals surface area contributed by atoms with Crippen molar-refractivity contribution in [1.29, 1.82) is 0 Å². The van der Waals surface area contributed by atoms with Crippen LogP contribution >= 0.6 is 0 Å². The van der Waals surface area contributed by atoms with E-state index in [0.29, 0.717) is 0 Å². The van der Waals surface area contributed by atoms with Gasteiger partial charge in [0, 0.05) is 0 Å². The van der Waals surface area contributed by atoms with Gasteiger partial charge in [0.25, 0.3) is 0 Å². The number of nitrogens with zero attached hydrogens (tertiary/aromatic N) is 1. The third-order valence-electron chi connectivity index (χ3n) is 3.43. The quantitative estimate of drug-likeness (QED) is 0.252.